The summed E-state index contributed by atoms with van der Waals surface area (Å²) < 4.78 is 0. The topological polar surface area (TPSA) is 70.2 Å². The molecule has 0 saturated carbocycles. The standard InChI is InChI=1S/C20H23N3O2/c1-12-9-16-17(10-13(12)2)23-20(25)18(22-16)11-19(24)21-14(3)15-7-5-4-6-8-15/h4-10,14,18,22H,11H2,1-3H3,(H,21,24)(H,23,25)/t14-,18-/m1/s1. The molecule has 1 aliphatic heterocycles. The maximum atomic E-state index is 12.3. The van der Waals surface area contributed by atoms with Gasteiger partial charge in [0, 0.05) is 0 Å². The maximum Gasteiger partial charge on any atom is 0.247 e. The predicted molar refractivity (Wildman–Crippen MR) is 99.6 cm³/mol. The molecule has 25 heavy (non-hydrogen) atoms. The first kappa shape index (κ1) is 17.0. The van der Waals surface area contributed by atoms with Crippen molar-refractivity contribution in [3.8, 4) is 0 Å². The van der Waals surface area contributed by atoms with Crippen LogP contribution in [0.25, 0.3) is 0 Å². The molecule has 0 radical (unpaired) electrons. The zero-order valence-corrected chi connectivity index (χ0v) is 14.7. The number of rotatable bonds is 4. The monoisotopic (exact) mass is 337 g/mol. The zero-order chi connectivity index (χ0) is 18.0. The van der Waals surface area contributed by atoms with Gasteiger partial charge >= 0.3 is 0 Å². The van der Waals surface area contributed by atoms with E-state index in [-0.39, 0.29) is 24.3 Å². The number of nitrogens with one attached hydrogen (secondary N) is 3. The number of fused-ring (bicyclic) bond motifs is 1. The van der Waals surface area contributed by atoms with E-state index in [1.807, 2.05) is 63.2 Å². The van der Waals surface area contributed by atoms with E-state index in [0.717, 1.165) is 28.1 Å². The van der Waals surface area contributed by atoms with Crippen molar-refractivity contribution in [2.24, 2.45) is 0 Å². The SMILES string of the molecule is Cc1cc2c(cc1C)N[C@H](CC(=O)N[C@H](C)c1ccccc1)C(=O)N2. The van der Waals surface area contributed by atoms with Crippen molar-refractivity contribution >= 4 is 23.2 Å². The Morgan fingerprint density at radius 2 is 1.76 bits per heavy atom. The predicted octanol–water partition coefficient (Wildman–Crippen LogP) is 3.30. The molecule has 1 aliphatic rings. The second-order valence-electron chi connectivity index (χ2n) is 6.57. The molecule has 2 amide bonds. The first-order valence-electron chi connectivity index (χ1n) is 8.47. The van der Waals surface area contributed by atoms with Crippen LogP contribution in [-0.4, -0.2) is 17.9 Å². The Bertz CT molecular complexity index is 802. The molecule has 0 spiro atoms. The van der Waals surface area contributed by atoms with Crippen LogP contribution < -0.4 is 16.0 Å². The summed E-state index contributed by atoms with van der Waals surface area (Å²) >= 11 is 0. The molecule has 3 N–H and O–H groups in total. The lowest BCUT2D eigenvalue weighted by molar-refractivity contribution is -0.125. The smallest absolute Gasteiger partial charge is 0.247 e. The summed E-state index contributed by atoms with van der Waals surface area (Å²) in [5.41, 5.74) is 4.92. The molecule has 3 rings (SSSR count). The molecule has 2 aromatic carbocycles. The Morgan fingerprint density at radius 1 is 1.12 bits per heavy atom. The molecule has 0 fully saturated rings. The molecule has 130 valence electrons. The molecule has 0 aliphatic carbocycles. The largest absolute Gasteiger partial charge is 0.372 e. The van der Waals surface area contributed by atoms with Gasteiger partial charge in [-0.1, -0.05) is 30.3 Å². The van der Waals surface area contributed by atoms with E-state index in [1.165, 1.54) is 0 Å². The second kappa shape index (κ2) is 6.97. The van der Waals surface area contributed by atoms with Gasteiger partial charge in [-0.25, -0.2) is 0 Å². The number of amides is 2. The maximum absolute atomic E-state index is 12.3. The highest BCUT2D eigenvalue weighted by Crippen LogP contribution is 2.30. The van der Waals surface area contributed by atoms with Crippen LogP contribution in [0.5, 0.6) is 0 Å². The highest BCUT2D eigenvalue weighted by Gasteiger charge is 2.28. The van der Waals surface area contributed by atoms with E-state index in [4.69, 9.17) is 0 Å². The lowest BCUT2D eigenvalue weighted by atomic mass is 10.0. The van der Waals surface area contributed by atoms with Gasteiger partial charge in [-0.05, 0) is 49.6 Å². The van der Waals surface area contributed by atoms with Crippen molar-refractivity contribution in [2.75, 3.05) is 10.6 Å². The van der Waals surface area contributed by atoms with Crippen LogP contribution in [0.3, 0.4) is 0 Å². The van der Waals surface area contributed by atoms with Gasteiger partial charge in [0.05, 0.1) is 23.8 Å². The number of aryl methyl sites for hydroxylation is 2. The normalized spacial score (nSPS) is 17.1. The van der Waals surface area contributed by atoms with Crippen molar-refractivity contribution < 1.29 is 9.59 Å². The molecular formula is C20H23N3O2. The third-order valence-corrected chi connectivity index (χ3v) is 4.60. The van der Waals surface area contributed by atoms with Crippen LogP contribution in [0.2, 0.25) is 0 Å². The fraction of sp³-hybridized carbons (Fsp3) is 0.300. The summed E-state index contributed by atoms with van der Waals surface area (Å²) in [6.07, 6.45) is 0.0926. The summed E-state index contributed by atoms with van der Waals surface area (Å²) in [4.78, 5) is 24.6. The Labute approximate surface area is 147 Å². The van der Waals surface area contributed by atoms with Gasteiger partial charge in [0.1, 0.15) is 6.04 Å². The minimum atomic E-state index is -0.572. The Balaban J connectivity index is 1.65. The lowest BCUT2D eigenvalue weighted by Crippen LogP contribution is -2.42. The van der Waals surface area contributed by atoms with Gasteiger partial charge in [0.15, 0.2) is 0 Å². The van der Waals surface area contributed by atoms with E-state index in [2.05, 4.69) is 16.0 Å². The average molecular weight is 337 g/mol. The van der Waals surface area contributed by atoms with Gasteiger partial charge in [-0.15, -0.1) is 0 Å². The molecule has 0 unspecified atom stereocenters. The van der Waals surface area contributed by atoms with Crippen molar-refractivity contribution in [3.05, 3.63) is 59.2 Å². The number of hydrogen-bond donors (Lipinski definition) is 3. The second-order valence-corrected chi connectivity index (χ2v) is 6.57. The van der Waals surface area contributed by atoms with Crippen molar-refractivity contribution in [2.45, 2.75) is 39.3 Å². The quantitative estimate of drug-likeness (QED) is 0.802. The average Bonchev–Trinajstić information content (AvgIpc) is 2.58. The molecule has 1 heterocycles. The van der Waals surface area contributed by atoms with Crippen LogP contribution >= 0.6 is 0 Å². The first-order chi connectivity index (χ1) is 11.9. The van der Waals surface area contributed by atoms with Crippen LogP contribution in [0.1, 0.15) is 36.1 Å². The molecule has 2 atom stereocenters. The molecule has 0 aromatic heterocycles. The molecule has 0 bridgehead atoms. The number of anilines is 2. The third-order valence-electron chi connectivity index (χ3n) is 4.60. The van der Waals surface area contributed by atoms with E-state index in [1.54, 1.807) is 0 Å². The Hall–Kier alpha value is -2.82. The molecule has 2 aromatic rings. The highest BCUT2D eigenvalue weighted by atomic mass is 16.2. The minimum absolute atomic E-state index is 0.0926. The van der Waals surface area contributed by atoms with Gasteiger partial charge in [0.25, 0.3) is 0 Å². The fourth-order valence-corrected chi connectivity index (χ4v) is 2.97. The van der Waals surface area contributed by atoms with Gasteiger partial charge < -0.3 is 16.0 Å². The molecule has 0 saturated heterocycles. The first-order valence-corrected chi connectivity index (χ1v) is 8.47. The van der Waals surface area contributed by atoms with Crippen molar-refractivity contribution in [1.29, 1.82) is 0 Å². The van der Waals surface area contributed by atoms with Crippen LogP contribution in [-0.2, 0) is 9.59 Å². The van der Waals surface area contributed by atoms with Crippen molar-refractivity contribution in [1.82, 2.24) is 5.32 Å². The summed E-state index contributed by atoms with van der Waals surface area (Å²) in [6, 6.07) is 13.0. The molecule has 5 heteroatoms. The van der Waals surface area contributed by atoms with Crippen LogP contribution in [0.15, 0.2) is 42.5 Å². The van der Waals surface area contributed by atoms with E-state index in [0.29, 0.717) is 0 Å². The fourth-order valence-electron chi connectivity index (χ4n) is 2.97. The minimum Gasteiger partial charge on any atom is -0.372 e. The summed E-state index contributed by atoms with van der Waals surface area (Å²) in [7, 11) is 0. The number of carbonyl (C=O) groups excluding carboxylic acids is 2. The zero-order valence-electron chi connectivity index (χ0n) is 14.7. The van der Waals surface area contributed by atoms with E-state index in [9.17, 15) is 9.59 Å². The Kier molecular flexibility index (Phi) is 4.74. The van der Waals surface area contributed by atoms with Crippen LogP contribution in [0, 0.1) is 13.8 Å². The number of benzene rings is 2. The van der Waals surface area contributed by atoms with E-state index < -0.39 is 6.04 Å². The summed E-state index contributed by atoms with van der Waals surface area (Å²) in [5, 5.41) is 9.02. The van der Waals surface area contributed by atoms with E-state index >= 15 is 0 Å². The van der Waals surface area contributed by atoms with Gasteiger partial charge in [-0.3, -0.25) is 9.59 Å². The van der Waals surface area contributed by atoms with Gasteiger partial charge in [0.2, 0.25) is 11.8 Å². The van der Waals surface area contributed by atoms with Crippen molar-refractivity contribution in [3.63, 3.8) is 0 Å². The number of hydrogen-bond acceptors (Lipinski definition) is 3. The third kappa shape index (κ3) is 3.82. The lowest BCUT2D eigenvalue weighted by Gasteiger charge is -2.27. The Morgan fingerprint density at radius 3 is 2.44 bits per heavy atom. The highest BCUT2D eigenvalue weighted by molar-refractivity contribution is 6.05. The number of carbonyl (C=O) groups is 2. The summed E-state index contributed by atoms with van der Waals surface area (Å²) in [5.74, 6) is -0.338. The van der Waals surface area contributed by atoms with Gasteiger partial charge in [-0.2, -0.15) is 0 Å². The summed E-state index contributed by atoms with van der Waals surface area (Å²) in [6.45, 7) is 5.96. The molecular weight excluding hydrogens is 314 g/mol. The molecule has 5 nitrogen and oxygen atoms in total. The van der Waals surface area contributed by atoms with Crippen LogP contribution in [0.4, 0.5) is 11.4 Å².